The van der Waals surface area contributed by atoms with Crippen LogP contribution >= 0.6 is 0 Å². The molecule has 0 aliphatic rings. The monoisotopic (exact) mass is 377 g/mol. The Labute approximate surface area is 154 Å². The maximum absolute atomic E-state index is 14.0. The van der Waals surface area contributed by atoms with Gasteiger partial charge in [-0.05, 0) is 36.8 Å². The fourth-order valence-electron chi connectivity index (χ4n) is 2.67. The fraction of sp³-hybridized carbons (Fsp3) is 0.211. The normalized spacial score (nSPS) is 10.9. The minimum absolute atomic E-state index is 0.0365. The average Bonchev–Trinajstić information content (AvgIpc) is 3.00. The molecule has 142 valence electrons. The Hall–Kier alpha value is -3.16. The van der Waals surface area contributed by atoms with Crippen LogP contribution in [0.3, 0.4) is 0 Å². The highest BCUT2D eigenvalue weighted by Gasteiger charge is 2.13. The fourth-order valence-corrected chi connectivity index (χ4v) is 2.67. The van der Waals surface area contributed by atoms with E-state index in [1.165, 1.54) is 23.9 Å². The average molecular weight is 377 g/mol. The predicted octanol–water partition coefficient (Wildman–Crippen LogP) is 4.54. The van der Waals surface area contributed by atoms with Crippen LogP contribution in [-0.2, 0) is 6.54 Å². The largest absolute Gasteiger partial charge is 0.493 e. The van der Waals surface area contributed by atoms with Crippen molar-refractivity contribution in [2.24, 2.45) is 0 Å². The van der Waals surface area contributed by atoms with Crippen LogP contribution in [-0.4, -0.2) is 23.5 Å². The number of hydrogen-bond donors (Lipinski definition) is 1. The van der Waals surface area contributed by atoms with Crippen LogP contribution in [0.4, 0.5) is 18.9 Å². The van der Waals surface area contributed by atoms with Gasteiger partial charge in [0.2, 0.25) is 0 Å². The van der Waals surface area contributed by atoms with Gasteiger partial charge in [-0.1, -0.05) is 18.2 Å². The molecule has 0 saturated heterocycles. The molecule has 0 atom stereocenters. The first kappa shape index (κ1) is 18.6. The number of hydrogen-bond acceptors (Lipinski definition) is 4. The second-order valence-electron chi connectivity index (χ2n) is 5.72. The first-order valence-electron chi connectivity index (χ1n) is 8.14. The van der Waals surface area contributed by atoms with E-state index in [2.05, 4.69) is 15.2 Å². The van der Waals surface area contributed by atoms with Crippen LogP contribution < -0.4 is 14.8 Å². The number of benzene rings is 2. The molecule has 0 spiro atoms. The molecule has 1 N–H and O–H groups in total. The van der Waals surface area contributed by atoms with E-state index >= 15 is 0 Å². The van der Waals surface area contributed by atoms with Crippen molar-refractivity contribution in [3.8, 4) is 17.2 Å². The van der Waals surface area contributed by atoms with Gasteiger partial charge in [0, 0.05) is 6.54 Å². The molecule has 3 aromatic rings. The molecule has 0 aliphatic carbocycles. The number of nitrogens with one attached hydrogen (secondary N) is 1. The van der Waals surface area contributed by atoms with Gasteiger partial charge in [0.25, 0.3) is 0 Å². The number of nitrogens with zero attached hydrogens (tertiary/aromatic N) is 2. The highest BCUT2D eigenvalue weighted by Crippen LogP contribution is 2.30. The van der Waals surface area contributed by atoms with Gasteiger partial charge in [0.1, 0.15) is 11.5 Å². The molecule has 0 amide bonds. The van der Waals surface area contributed by atoms with E-state index in [0.717, 1.165) is 5.69 Å². The maximum atomic E-state index is 14.0. The number of anilines is 1. The Balaban J connectivity index is 1.77. The summed E-state index contributed by atoms with van der Waals surface area (Å²) in [4.78, 5) is 0. The van der Waals surface area contributed by atoms with Gasteiger partial charge in [-0.15, -0.1) is 0 Å². The van der Waals surface area contributed by atoms with Crippen LogP contribution in [0.2, 0.25) is 0 Å². The van der Waals surface area contributed by atoms with Gasteiger partial charge in [0.05, 0.1) is 24.7 Å². The Morgan fingerprint density at radius 2 is 1.93 bits per heavy atom. The Morgan fingerprint density at radius 1 is 1.15 bits per heavy atom. The lowest BCUT2D eigenvalue weighted by molar-refractivity contribution is -0.0512. The molecule has 3 rings (SSSR count). The Bertz CT molecular complexity index is 928. The van der Waals surface area contributed by atoms with Crippen LogP contribution in [0.1, 0.15) is 11.3 Å². The number of aromatic nitrogens is 2. The molecule has 5 nitrogen and oxygen atoms in total. The van der Waals surface area contributed by atoms with Crippen molar-refractivity contribution in [3.05, 3.63) is 65.7 Å². The summed E-state index contributed by atoms with van der Waals surface area (Å²) in [6, 6.07) is 11.1. The number of para-hydroxylation sites is 1. The van der Waals surface area contributed by atoms with E-state index < -0.39 is 6.61 Å². The minimum atomic E-state index is -2.94. The molecule has 0 bridgehead atoms. The zero-order chi connectivity index (χ0) is 19.4. The van der Waals surface area contributed by atoms with E-state index in [4.69, 9.17) is 4.74 Å². The lowest BCUT2D eigenvalue weighted by atomic mass is 10.2. The SMILES string of the molecule is COc1ccc(CNc2cnn(-c3ccccc3F)c2C)cc1OC(F)F. The summed E-state index contributed by atoms with van der Waals surface area (Å²) in [6.45, 7) is -0.794. The third kappa shape index (κ3) is 4.16. The molecule has 0 saturated carbocycles. The lowest BCUT2D eigenvalue weighted by Gasteiger charge is -2.12. The topological polar surface area (TPSA) is 48.3 Å². The van der Waals surface area contributed by atoms with Crippen LogP contribution in [0.25, 0.3) is 5.69 Å². The first-order chi connectivity index (χ1) is 13.0. The van der Waals surface area contributed by atoms with E-state index in [1.807, 2.05) is 0 Å². The molecular weight excluding hydrogens is 359 g/mol. The zero-order valence-electron chi connectivity index (χ0n) is 14.7. The second kappa shape index (κ2) is 8.03. The van der Waals surface area contributed by atoms with Gasteiger partial charge in [-0.25, -0.2) is 9.07 Å². The first-order valence-corrected chi connectivity index (χ1v) is 8.14. The summed E-state index contributed by atoms with van der Waals surface area (Å²) in [5.74, 6) is -0.188. The summed E-state index contributed by atoms with van der Waals surface area (Å²) in [6.07, 6.45) is 1.59. The van der Waals surface area contributed by atoms with Gasteiger partial charge in [-0.2, -0.15) is 13.9 Å². The van der Waals surface area contributed by atoms with Crippen molar-refractivity contribution in [1.29, 1.82) is 0 Å². The maximum Gasteiger partial charge on any atom is 0.387 e. The third-order valence-corrected chi connectivity index (χ3v) is 4.02. The Kier molecular flexibility index (Phi) is 5.54. The molecule has 2 aromatic carbocycles. The van der Waals surface area contributed by atoms with Crippen molar-refractivity contribution in [2.75, 3.05) is 12.4 Å². The highest BCUT2D eigenvalue weighted by molar-refractivity contribution is 5.51. The molecule has 0 unspecified atom stereocenters. The second-order valence-corrected chi connectivity index (χ2v) is 5.72. The zero-order valence-corrected chi connectivity index (χ0v) is 14.7. The van der Waals surface area contributed by atoms with Gasteiger partial charge in [0.15, 0.2) is 11.5 Å². The smallest absolute Gasteiger partial charge is 0.387 e. The summed E-state index contributed by atoms with van der Waals surface area (Å²) in [7, 11) is 1.38. The molecule has 0 radical (unpaired) electrons. The highest BCUT2D eigenvalue weighted by atomic mass is 19.3. The molecule has 8 heteroatoms. The molecule has 1 heterocycles. The molecule has 0 aliphatic heterocycles. The van der Waals surface area contributed by atoms with Crippen molar-refractivity contribution in [3.63, 3.8) is 0 Å². The van der Waals surface area contributed by atoms with Crippen molar-refractivity contribution in [2.45, 2.75) is 20.1 Å². The van der Waals surface area contributed by atoms with Crippen LogP contribution in [0.15, 0.2) is 48.7 Å². The summed E-state index contributed by atoms with van der Waals surface area (Å²) >= 11 is 0. The number of methoxy groups -OCH3 is 1. The third-order valence-electron chi connectivity index (χ3n) is 4.02. The number of alkyl halides is 2. The van der Waals surface area contributed by atoms with Crippen LogP contribution in [0.5, 0.6) is 11.5 Å². The number of rotatable bonds is 7. The summed E-state index contributed by atoms with van der Waals surface area (Å²) < 4.78 is 50.0. The quantitative estimate of drug-likeness (QED) is 0.657. The Morgan fingerprint density at radius 3 is 2.63 bits per heavy atom. The summed E-state index contributed by atoms with van der Waals surface area (Å²) in [5.41, 5.74) is 2.48. The van der Waals surface area contributed by atoms with Crippen molar-refractivity contribution >= 4 is 5.69 Å². The molecule has 1 aromatic heterocycles. The predicted molar refractivity (Wildman–Crippen MR) is 95.2 cm³/mol. The molecule has 27 heavy (non-hydrogen) atoms. The standard InChI is InChI=1S/C19H18F3N3O2/c1-12-15(11-24-25(12)16-6-4-3-5-14(16)20)23-10-13-7-8-17(26-2)18(9-13)27-19(21)22/h3-9,11,19,23H,10H2,1-2H3. The number of ether oxygens (including phenoxy) is 2. The van der Waals surface area contributed by atoms with Gasteiger partial charge >= 0.3 is 6.61 Å². The van der Waals surface area contributed by atoms with Crippen molar-refractivity contribution < 1.29 is 22.6 Å². The van der Waals surface area contributed by atoms with E-state index in [1.54, 1.807) is 43.5 Å². The van der Waals surface area contributed by atoms with E-state index in [0.29, 0.717) is 23.5 Å². The van der Waals surface area contributed by atoms with Gasteiger partial charge in [-0.3, -0.25) is 0 Å². The van der Waals surface area contributed by atoms with E-state index in [9.17, 15) is 13.2 Å². The minimum Gasteiger partial charge on any atom is -0.493 e. The van der Waals surface area contributed by atoms with E-state index in [-0.39, 0.29) is 17.3 Å². The van der Waals surface area contributed by atoms with Gasteiger partial charge < -0.3 is 14.8 Å². The molecular formula is C19H18F3N3O2. The lowest BCUT2D eigenvalue weighted by Crippen LogP contribution is -2.06. The molecule has 0 fully saturated rings. The van der Waals surface area contributed by atoms with Crippen LogP contribution in [0, 0.1) is 12.7 Å². The van der Waals surface area contributed by atoms with Crippen molar-refractivity contribution in [1.82, 2.24) is 9.78 Å². The summed E-state index contributed by atoms with van der Waals surface area (Å²) in [5, 5.41) is 7.38. The number of halogens is 3.